The van der Waals surface area contributed by atoms with Gasteiger partial charge in [-0.1, -0.05) is 13.8 Å². The highest BCUT2D eigenvalue weighted by molar-refractivity contribution is 4.83. The number of methoxy groups -OCH3 is 2. The zero-order valence-electron chi connectivity index (χ0n) is 11.5. The summed E-state index contributed by atoms with van der Waals surface area (Å²) in [5, 5.41) is 0. The molecule has 0 heterocycles. The van der Waals surface area contributed by atoms with E-state index in [-0.39, 0.29) is 6.29 Å². The van der Waals surface area contributed by atoms with Gasteiger partial charge in [-0.15, -0.1) is 0 Å². The highest BCUT2D eigenvalue weighted by Gasteiger charge is 2.29. The fourth-order valence-electron chi connectivity index (χ4n) is 2.45. The van der Waals surface area contributed by atoms with Gasteiger partial charge < -0.3 is 9.47 Å². The van der Waals surface area contributed by atoms with E-state index >= 15 is 0 Å². The van der Waals surface area contributed by atoms with E-state index in [2.05, 4.69) is 25.8 Å². The van der Waals surface area contributed by atoms with Crippen LogP contribution in [0.15, 0.2) is 0 Å². The predicted octanol–water partition coefficient (Wildman–Crippen LogP) is 2.51. The fraction of sp³-hybridized carbons (Fsp3) is 1.00. The van der Waals surface area contributed by atoms with E-state index in [9.17, 15) is 0 Å². The van der Waals surface area contributed by atoms with Crippen molar-refractivity contribution in [3.8, 4) is 0 Å². The van der Waals surface area contributed by atoms with Gasteiger partial charge in [0.15, 0.2) is 6.29 Å². The van der Waals surface area contributed by atoms with E-state index in [4.69, 9.17) is 9.47 Å². The summed E-state index contributed by atoms with van der Waals surface area (Å²) < 4.78 is 10.5. The lowest BCUT2D eigenvalue weighted by molar-refractivity contribution is -0.119. The minimum atomic E-state index is -0.0973. The largest absolute Gasteiger partial charge is 0.355 e. The van der Waals surface area contributed by atoms with Crippen molar-refractivity contribution in [3.05, 3.63) is 0 Å². The van der Waals surface area contributed by atoms with Crippen molar-refractivity contribution in [1.82, 2.24) is 4.90 Å². The summed E-state index contributed by atoms with van der Waals surface area (Å²) in [5.74, 6) is 0. The molecule has 0 N–H and O–H groups in total. The summed E-state index contributed by atoms with van der Waals surface area (Å²) in [6.45, 7) is 5.60. The van der Waals surface area contributed by atoms with Gasteiger partial charge in [-0.3, -0.25) is 4.90 Å². The van der Waals surface area contributed by atoms with Crippen molar-refractivity contribution in [1.29, 1.82) is 0 Å². The van der Waals surface area contributed by atoms with Crippen LogP contribution in [-0.2, 0) is 9.47 Å². The second-order valence-corrected chi connectivity index (χ2v) is 5.74. The zero-order chi connectivity index (χ0) is 12.2. The third kappa shape index (κ3) is 4.04. The molecular formula is C13H27NO2. The highest BCUT2D eigenvalue weighted by atomic mass is 16.7. The Bertz CT molecular complexity index is 192. The maximum Gasteiger partial charge on any atom is 0.169 e. The summed E-state index contributed by atoms with van der Waals surface area (Å²) in [4.78, 5) is 2.38. The molecule has 3 heteroatoms. The molecule has 0 bridgehead atoms. The summed E-state index contributed by atoms with van der Waals surface area (Å²) >= 11 is 0. The van der Waals surface area contributed by atoms with Gasteiger partial charge in [-0.2, -0.15) is 0 Å². The molecule has 0 radical (unpaired) electrons. The summed E-state index contributed by atoms with van der Waals surface area (Å²) in [6.07, 6.45) is 5.15. The minimum Gasteiger partial charge on any atom is -0.355 e. The van der Waals surface area contributed by atoms with E-state index < -0.39 is 0 Å². The molecule has 96 valence electrons. The lowest BCUT2D eigenvalue weighted by atomic mass is 9.75. The van der Waals surface area contributed by atoms with Crippen molar-refractivity contribution in [3.63, 3.8) is 0 Å². The summed E-state index contributed by atoms with van der Waals surface area (Å²) in [5.41, 5.74) is 0.541. The molecule has 1 fully saturated rings. The van der Waals surface area contributed by atoms with E-state index in [1.807, 2.05) is 0 Å². The predicted molar refractivity (Wildman–Crippen MR) is 66.5 cm³/mol. The van der Waals surface area contributed by atoms with Gasteiger partial charge in [0.2, 0.25) is 0 Å². The molecule has 0 saturated heterocycles. The molecule has 3 nitrogen and oxygen atoms in total. The van der Waals surface area contributed by atoms with Gasteiger partial charge in [0, 0.05) is 26.8 Å². The third-order valence-electron chi connectivity index (χ3n) is 3.89. The van der Waals surface area contributed by atoms with Crippen molar-refractivity contribution < 1.29 is 9.47 Å². The average molecular weight is 229 g/mol. The molecule has 1 rings (SSSR count). The summed E-state index contributed by atoms with van der Waals surface area (Å²) in [6, 6.07) is 0.695. The van der Waals surface area contributed by atoms with Crippen LogP contribution in [-0.4, -0.2) is 45.0 Å². The maximum atomic E-state index is 5.24. The van der Waals surface area contributed by atoms with Crippen molar-refractivity contribution in [2.24, 2.45) is 5.41 Å². The molecule has 0 aromatic rings. The smallest absolute Gasteiger partial charge is 0.169 e. The monoisotopic (exact) mass is 229 g/mol. The van der Waals surface area contributed by atoms with Gasteiger partial charge in [0.1, 0.15) is 0 Å². The first-order chi connectivity index (χ1) is 7.48. The Morgan fingerprint density at radius 3 is 2.12 bits per heavy atom. The average Bonchev–Trinajstić information content (AvgIpc) is 2.25. The minimum absolute atomic E-state index is 0.0973. The molecule has 16 heavy (non-hydrogen) atoms. The first-order valence-electron chi connectivity index (χ1n) is 6.24. The highest BCUT2D eigenvalue weighted by Crippen LogP contribution is 2.36. The second kappa shape index (κ2) is 5.99. The second-order valence-electron chi connectivity index (χ2n) is 5.74. The number of ether oxygens (including phenoxy) is 2. The molecule has 0 aliphatic heterocycles. The number of rotatable bonds is 5. The van der Waals surface area contributed by atoms with E-state index in [0.717, 1.165) is 6.54 Å². The number of likely N-dealkylation sites (N-methyl/N-ethyl adjacent to an activating group) is 1. The van der Waals surface area contributed by atoms with Crippen LogP contribution in [0, 0.1) is 5.41 Å². The van der Waals surface area contributed by atoms with Crippen molar-refractivity contribution in [2.45, 2.75) is 51.9 Å². The van der Waals surface area contributed by atoms with Gasteiger partial charge in [0.25, 0.3) is 0 Å². The molecule has 1 aliphatic carbocycles. The van der Waals surface area contributed by atoms with E-state index in [1.165, 1.54) is 25.7 Å². The molecule has 0 aromatic heterocycles. The SMILES string of the molecule is COC(CN(C)C1CCC(C)(C)CC1)OC. The van der Waals surface area contributed by atoms with Crippen molar-refractivity contribution >= 4 is 0 Å². The standard InChI is InChI=1S/C13H27NO2/c1-13(2)8-6-11(7-9-13)14(3)10-12(15-4)16-5/h11-12H,6-10H2,1-5H3. The number of nitrogens with zero attached hydrogens (tertiary/aromatic N) is 1. The Morgan fingerprint density at radius 1 is 1.19 bits per heavy atom. The Hall–Kier alpha value is -0.120. The van der Waals surface area contributed by atoms with Crippen LogP contribution < -0.4 is 0 Å². The molecule has 0 amide bonds. The Kier molecular flexibility index (Phi) is 5.22. The van der Waals surface area contributed by atoms with Crippen LogP contribution in [0.4, 0.5) is 0 Å². The Balaban J connectivity index is 2.35. The van der Waals surface area contributed by atoms with Gasteiger partial charge in [0.05, 0.1) is 0 Å². The van der Waals surface area contributed by atoms with Crippen LogP contribution in [0.3, 0.4) is 0 Å². The molecule has 1 saturated carbocycles. The van der Waals surface area contributed by atoms with E-state index in [1.54, 1.807) is 14.2 Å². The van der Waals surface area contributed by atoms with Crippen LogP contribution in [0.25, 0.3) is 0 Å². The molecule has 1 aliphatic rings. The number of hydrogen-bond acceptors (Lipinski definition) is 3. The zero-order valence-corrected chi connectivity index (χ0v) is 11.5. The van der Waals surface area contributed by atoms with Crippen LogP contribution in [0.2, 0.25) is 0 Å². The Morgan fingerprint density at radius 2 is 1.69 bits per heavy atom. The normalized spacial score (nSPS) is 21.9. The first-order valence-corrected chi connectivity index (χ1v) is 6.24. The van der Waals surface area contributed by atoms with Gasteiger partial charge in [-0.05, 0) is 38.1 Å². The van der Waals surface area contributed by atoms with Crippen LogP contribution in [0.1, 0.15) is 39.5 Å². The van der Waals surface area contributed by atoms with E-state index in [0.29, 0.717) is 11.5 Å². The maximum absolute atomic E-state index is 5.24. The summed E-state index contributed by atoms with van der Waals surface area (Å²) in [7, 11) is 5.58. The van der Waals surface area contributed by atoms with Crippen LogP contribution >= 0.6 is 0 Å². The third-order valence-corrected chi connectivity index (χ3v) is 3.89. The topological polar surface area (TPSA) is 21.7 Å². The molecule has 0 aromatic carbocycles. The molecule has 0 unspecified atom stereocenters. The van der Waals surface area contributed by atoms with Gasteiger partial charge in [-0.25, -0.2) is 0 Å². The van der Waals surface area contributed by atoms with Crippen molar-refractivity contribution in [2.75, 3.05) is 27.8 Å². The van der Waals surface area contributed by atoms with Crippen LogP contribution in [0.5, 0.6) is 0 Å². The number of hydrogen-bond donors (Lipinski definition) is 0. The molecule has 0 atom stereocenters. The first kappa shape index (κ1) is 13.9. The Labute approximate surface area is 100 Å². The molecular weight excluding hydrogens is 202 g/mol. The van der Waals surface area contributed by atoms with Gasteiger partial charge >= 0.3 is 0 Å². The molecule has 0 spiro atoms. The lowest BCUT2D eigenvalue weighted by Crippen LogP contribution is -2.41. The fourth-order valence-corrected chi connectivity index (χ4v) is 2.45. The lowest BCUT2D eigenvalue weighted by Gasteiger charge is -2.39. The quantitative estimate of drug-likeness (QED) is 0.676.